The maximum Gasteiger partial charge on any atom is 0.254 e. The summed E-state index contributed by atoms with van der Waals surface area (Å²) in [5.74, 6) is 2.31. The SMILES string of the molecule is Cc1cc(C(=O)N2CC(O)C2)ccc1-c1ccc(OC2CN(Cc3nc(C(C)C)no3)C2)cn1. The fraction of sp³-hybridized carbons (Fsp3) is 0.440. The molecule has 9 heteroatoms. The molecular formula is C25H29N5O4. The summed E-state index contributed by atoms with van der Waals surface area (Å²) in [6, 6.07) is 9.49. The van der Waals surface area contributed by atoms with Crippen molar-refractivity contribution >= 4 is 5.91 Å². The van der Waals surface area contributed by atoms with Gasteiger partial charge < -0.3 is 19.3 Å². The molecule has 178 valence electrons. The van der Waals surface area contributed by atoms with E-state index in [-0.39, 0.29) is 17.9 Å². The van der Waals surface area contributed by atoms with Crippen LogP contribution in [0.4, 0.5) is 0 Å². The van der Waals surface area contributed by atoms with Gasteiger partial charge in [-0.15, -0.1) is 0 Å². The number of aryl methyl sites for hydroxylation is 1. The zero-order valence-corrected chi connectivity index (χ0v) is 19.6. The van der Waals surface area contributed by atoms with E-state index in [0.29, 0.717) is 31.1 Å². The number of hydrogen-bond acceptors (Lipinski definition) is 8. The lowest BCUT2D eigenvalue weighted by Crippen LogP contribution is -2.53. The number of aromatic nitrogens is 3. The number of benzene rings is 1. The van der Waals surface area contributed by atoms with E-state index in [0.717, 1.165) is 41.5 Å². The quantitative estimate of drug-likeness (QED) is 0.570. The molecule has 0 unspecified atom stereocenters. The van der Waals surface area contributed by atoms with E-state index in [4.69, 9.17) is 9.26 Å². The number of amides is 1. The van der Waals surface area contributed by atoms with Gasteiger partial charge in [-0.1, -0.05) is 25.1 Å². The summed E-state index contributed by atoms with van der Waals surface area (Å²) in [6.07, 6.45) is 1.44. The molecule has 1 amide bonds. The van der Waals surface area contributed by atoms with Crippen LogP contribution in [0.25, 0.3) is 11.3 Å². The van der Waals surface area contributed by atoms with Crippen LogP contribution in [0.1, 0.15) is 47.4 Å². The van der Waals surface area contributed by atoms with Gasteiger partial charge in [0.25, 0.3) is 5.91 Å². The van der Waals surface area contributed by atoms with Crippen molar-refractivity contribution in [1.82, 2.24) is 24.9 Å². The highest BCUT2D eigenvalue weighted by Gasteiger charge is 2.31. The van der Waals surface area contributed by atoms with Crippen molar-refractivity contribution in [3.63, 3.8) is 0 Å². The minimum Gasteiger partial charge on any atom is -0.486 e. The standard InChI is InChI=1S/C25H29N5O4/c1-15(2)24-27-23(34-28-24)14-29-12-20(13-29)33-19-5-7-22(26-9-19)21-6-4-17(8-16(21)3)25(32)30-10-18(31)11-30/h4-9,15,18,20,31H,10-14H2,1-3H3. The topological polar surface area (TPSA) is 105 Å². The number of carbonyl (C=O) groups is 1. The van der Waals surface area contributed by atoms with E-state index < -0.39 is 6.10 Å². The lowest BCUT2D eigenvalue weighted by molar-refractivity contribution is 0.00589. The highest BCUT2D eigenvalue weighted by Crippen LogP contribution is 2.26. The van der Waals surface area contributed by atoms with Crippen LogP contribution in [-0.2, 0) is 6.54 Å². The van der Waals surface area contributed by atoms with E-state index in [9.17, 15) is 9.90 Å². The number of ether oxygens (including phenoxy) is 1. The second kappa shape index (κ2) is 9.15. The van der Waals surface area contributed by atoms with E-state index >= 15 is 0 Å². The minimum atomic E-state index is -0.402. The highest BCUT2D eigenvalue weighted by molar-refractivity contribution is 5.95. The molecule has 2 saturated heterocycles. The Morgan fingerprint density at radius 3 is 2.62 bits per heavy atom. The number of rotatable bonds is 7. The third kappa shape index (κ3) is 4.67. The normalized spacial score (nSPS) is 17.0. The maximum absolute atomic E-state index is 12.5. The zero-order valence-electron chi connectivity index (χ0n) is 19.6. The minimum absolute atomic E-state index is 0.0503. The molecule has 34 heavy (non-hydrogen) atoms. The summed E-state index contributed by atoms with van der Waals surface area (Å²) in [7, 11) is 0. The second-order valence-corrected chi connectivity index (χ2v) is 9.41. The van der Waals surface area contributed by atoms with Crippen molar-refractivity contribution in [1.29, 1.82) is 0 Å². The van der Waals surface area contributed by atoms with Crippen molar-refractivity contribution in [3.05, 3.63) is 59.4 Å². The first kappa shape index (κ1) is 22.5. The Kier molecular flexibility index (Phi) is 6.05. The van der Waals surface area contributed by atoms with E-state index in [1.165, 1.54) is 0 Å². The van der Waals surface area contributed by atoms with Gasteiger partial charge in [0.05, 0.1) is 24.5 Å². The van der Waals surface area contributed by atoms with Gasteiger partial charge in [-0.05, 0) is 36.8 Å². The Morgan fingerprint density at radius 1 is 1.21 bits per heavy atom. The number of β-amino-alcohol motifs (C(OH)–C–C–N with tert-alkyl or cyclic N) is 1. The van der Waals surface area contributed by atoms with Crippen LogP contribution < -0.4 is 4.74 Å². The Hall–Kier alpha value is -3.30. The summed E-state index contributed by atoms with van der Waals surface area (Å²) >= 11 is 0. The van der Waals surface area contributed by atoms with Gasteiger partial charge in [-0.2, -0.15) is 4.98 Å². The summed E-state index contributed by atoms with van der Waals surface area (Å²) in [4.78, 5) is 25.3. The number of aliphatic hydroxyl groups is 1. The Morgan fingerprint density at radius 2 is 2.00 bits per heavy atom. The number of pyridine rings is 1. The number of carbonyl (C=O) groups excluding carboxylic acids is 1. The van der Waals surface area contributed by atoms with Crippen molar-refractivity contribution in [2.45, 2.75) is 45.4 Å². The molecule has 2 aliphatic rings. The number of likely N-dealkylation sites (tertiary alicyclic amines) is 2. The van der Waals surface area contributed by atoms with Crippen LogP contribution >= 0.6 is 0 Å². The molecule has 2 fully saturated rings. The largest absolute Gasteiger partial charge is 0.486 e. The molecule has 4 heterocycles. The van der Waals surface area contributed by atoms with E-state index in [1.54, 1.807) is 11.1 Å². The van der Waals surface area contributed by atoms with Crippen molar-refractivity contribution in [2.24, 2.45) is 0 Å². The van der Waals surface area contributed by atoms with Crippen LogP contribution in [0, 0.1) is 6.92 Å². The first-order valence-electron chi connectivity index (χ1n) is 11.6. The Bertz CT molecular complexity index is 1160. The van der Waals surface area contributed by atoms with Crippen LogP contribution in [0.2, 0.25) is 0 Å². The van der Waals surface area contributed by atoms with Gasteiger partial charge in [0, 0.05) is 43.2 Å². The van der Waals surface area contributed by atoms with Crippen LogP contribution in [-0.4, -0.2) is 74.3 Å². The highest BCUT2D eigenvalue weighted by atomic mass is 16.5. The molecule has 0 radical (unpaired) electrons. The molecule has 0 aliphatic carbocycles. The first-order valence-corrected chi connectivity index (χ1v) is 11.6. The molecule has 0 spiro atoms. The van der Waals surface area contributed by atoms with E-state index in [1.807, 2.05) is 51.1 Å². The monoisotopic (exact) mass is 463 g/mol. The van der Waals surface area contributed by atoms with Gasteiger partial charge >= 0.3 is 0 Å². The second-order valence-electron chi connectivity index (χ2n) is 9.41. The molecule has 0 saturated carbocycles. The van der Waals surface area contributed by atoms with Crippen LogP contribution in [0.5, 0.6) is 5.75 Å². The molecule has 9 nitrogen and oxygen atoms in total. The summed E-state index contributed by atoms with van der Waals surface area (Å²) < 4.78 is 11.4. The van der Waals surface area contributed by atoms with Gasteiger partial charge in [-0.3, -0.25) is 14.7 Å². The van der Waals surface area contributed by atoms with Crippen LogP contribution in [0.15, 0.2) is 41.1 Å². The maximum atomic E-state index is 12.5. The first-order chi connectivity index (χ1) is 16.4. The van der Waals surface area contributed by atoms with Gasteiger partial charge in [-0.25, -0.2) is 0 Å². The zero-order chi connectivity index (χ0) is 23.8. The fourth-order valence-electron chi connectivity index (χ4n) is 4.17. The molecule has 0 atom stereocenters. The molecule has 1 N–H and O–H groups in total. The molecule has 0 bridgehead atoms. The van der Waals surface area contributed by atoms with E-state index in [2.05, 4.69) is 20.0 Å². The van der Waals surface area contributed by atoms with Gasteiger partial charge in [0.2, 0.25) is 5.89 Å². The molecule has 3 aromatic rings. The molecular weight excluding hydrogens is 434 g/mol. The predicted octanol–water partition coefficient (Wildman–Crippen LogP) is 2.64. The average Bonchev–Trinajstić information content (AvgIpc) is 3.25. The van der Waals surface area contributed by atoms with Crippen molar-refractivity contribution < 1.29 is 19.2 Å². The fourth-order valence-corrected chi connectivity index (χ4v) is 4.17. The molecule has 2 aromatic heterocycles. The summed E-state index contributed by atoms with van der Waals surface area (Å²) in [5, 5.41) is 13.4. The lowest BCUT2D eigenvalue weighted by atomic mass is 10.0. The predicted molar refractivity (Wildman–Crippen MR) is 124 cm³/mol. The smallest absolute Gasteiger partial charge is 0.254 e. The third-order valence-electron chi connectivity index (χ3n) is 6.22. The molecule has 2 aliphatic heterocycles. The number of nitrogens with zero attached hydrogens (tertiary/aromatic N) is 5. The van der Waals surface area contributed by atoms with Crippen molar-refractivity contribution in [3.8, 4) is 17.0 Å². The Labute approximate surface area is 198 Å². The summed E-state index contributed by atoms with van der Waals surface area (Å²) in [6.45, 7) is 9.08. The number of aliphatic hydroxyl groups excluding tert-OH is 1. The number of hydrogen-bond donors (Lipinski definition) is 1. The summed E-state index contributed by atoms with van der Waals surface area (Å²) in [5.41, 5.74) is 3.41. The Balaban J connectivity index is 1.14. The lowest BCUT2D eigenvalue weighted by Gasteiger charge is -2.37. The van der Waals surface area contributed by atoms with Crippen LogP contribution in [0.3, 0.4) is 0 Å². The van der Waals surface area contributed by atoms with Crippen molar-refractivity contribution in [2.75, 3.05) is 26.2 Å². The molecule has 1 aromatic carbocycles. The van der Waals surface area contributed by atoms with Gasteiger partial charge in [0.1, 0.15) is 11.9 Å². The van der Waals surface area contributed by atoms with Gasteiger partial charge in [0.15, 0.2) is 5.82 Å². The third-order valence-corrected chi connectivity index (χ3v) is 6.22. The molecule has 5 rings (SSSR count). The average molecular weight is 464 g/mol.